The molecular formula is C20H18O5. The van der Waals surface area contributed by atoms with E-state index in [-0.39, 0.29) is 0 Å². The van der Waals surface area contributed by atoms with E-state index in [1.165, 1.54) is 7.11 Å². The largest absolute Gasteiger partial charge is 0.497 e. The van der Waals surface area contributed by atoms with E-state index >= 15 is 0 Å². The predicted octanol–water partition coefficient (Wildman–Crippen LogP) is 4.59. The van der Waals surface area contributed by atoms with Crippen LogP contribution < -0.4 is 9.47 Å². The number of methoxy groups -OCH3 is 2. The average Bonchev–Trinajstić information content (AvgIpc) is 3.21. The normalized spacial score (nSPS) is 12.6. The van der Waals surface area contributed by atoms with E-state index in [1.54, 1.807) is 7.11 Å². The van der Waals surface area contributed by atoms with Gasteiger partial charge in [-0.15, -0.1) is 0 Å². The van der Waals surface area contributed by atoms with Crippen molar-refractivity contribution in [2.24, 2.45) is 0 Å². The maximum absolute atomic E-state index is 10.8. The molecule has 0 spiro atoms. The van der Waals surface area contributed by atoms with Crippen molar-refractivity contribution in [2.75, 3.05) is 14.2 Å². The molecule has 0 aliphatic heterocycles. The van der Waals surface area contributed by atoms with Gasteiger partial charge in [0.2, 0.25) is 0 Å². The van der Waals surface area contributed by atoms with E-state index in [2.05, 4.69) is 0 Å². The molecule has 1 unspecified atom stereocenters. The fraction of sp³-hybridized carbons (Fsp3) is 0.200. The smallest absolute Gasteiger partial charge is 0.292 e. The van der Waals surface area contributed by atoms with Crippen molar-refractivity contribution >= 4 is 21.7 Å². The fourth-order valence-electron chi connectivity index (χ4n) is 3.04. The summed E-state index contributed by atoms with van der Waals surface area (Å²) in [6, 6.07) is 13.2. The highest BCUT2D eigenvalue weighted by atomic mass is 16.6. The van der Waals surface area contributed by atoms with Gasteiger partial charge in [-0.05, 0) is 43.3 Å². The molecule has 1 N–H and O–H groups in total. The summed E-state index contributed by atoms with van der Waals surface area (Å²) in [6.45, 7) is 2.01. The molecule has 0 fully saturated rings. The first-order chi connectivity index (χ1) is 12.1. The van der Waals surface area contributed by atoms with Crippen LogP contribution in [-0.4, -0.2) is 19.3 Å². The summed E-state index contributed by atoms with van der Waals surface area (Å²) in [4.78, 5) is 0. The second-order valence-electron chi connectivity index (χ2n) is 5.96. The van der Waals surface area contributed by atoms with Gasteiger partial charge < -0.3 is 23.4 Å². The SMILES string of the molecule is COc1ccc2c(OC)oc(C(O)c3cc4cc(C)ccc4o3)c2c1. The lowest BCUT2D eigenvalue weighted by Gasteiger charge is -2.05. The van der Waals surface area contributed by atoms with Crippen molar-refractivity contribution in [3.8, 4) is 11.7 Å². The van der Waals surface area contributed by atoms with Gasteiger partial charge in [0.1, 0.15) is 17.1 Å². The first-order valence-corrected chi connectivity index (χ1v) is 7.93. The van der Waals surface area contributed by atoms with Crippen LogP contribution in [0.4, 0.5) is 0 Å². The summed E-state index contributed by atoms with van der Waals surface area (Å²) in [5, 5.41) is 13.3. The van der Waals surface area contributed by atoms with Crippen LogP contribution in [0.1, 0.15) is 23.2 Å². The number of fused-ring (bicyclic) bond motifs is 2. The molecule has 0 aliphatic rings. The molecule has 0 amide bonds. The summed E-state index contributed by atoms with van der Waals surface area (Å²) in [5.41, 5.74) is 1.85. The number of aliphatic hydroxyl groups is 1. The molecule has 5 nitrogen and oxygen atoms in total. The number of hydrogen-bond donors (Lipinski definition) is 1. The van der Waals surface area contributed by atoms with Crippen LogP contribution in [0.3, 0.4) is 0 Å². The van der Waals surface area contributed by atoms with Crippen molar-refractivity contribution in [3.63, 3.8) is 0 Å². The molecule has 2 heterocycles. The zero-order valence-electron chi connectivity index (χ0n) is 14.2. The van der Waals surface area contributed by atoms with Crippen LogP contribution in [0.15, 0.2) is 51.3 Å². The lowest BCUT2D eigenvalue weighted by atomic mass is 10.1. The molecule has 2 aromatic carbocycles. The Balaban J connectivity index is 1.86. The second kappa shape index (κ2) is 5.86. The van der Waals surface area contributed by atoms with Gasteiger partial charge in [-0.3, -0.25) is 0 Å². The molecule has 128 valence electrons. The Kier molecular flexibility index (Phi) is 3.66. The van der Waals surface area contributed by atoms with E-state index in [0.29, 0.717) is 23.2 Å². The van der Waals surface area contributed by atoms with E-state index in [1.807, 2.05) is 49.4 Å². The Labute approximate surface area is 144 Å². The average molecular weight is 338 g/mol. The van der Waals surface area contributed by atoms with E-state index in [4.69, 9.17) is 18.3 Å². The molecular weight excluding hydrogens is 320 g/mol. The van der Waals surface area contributed by atoms with Crippen LogP contribution in [0, 0.1) is 6.92 Å². The molecule has 0 aliphatic carbocycles. The van der Waals surface area contributed by atoms with Crippen LogP contribution in [0.25, 0.3) is 21.7 Å². The number of ether oxygens (including phenoxy) is 2. The minimum atomic E-state index is -1.05. The van der Waals surface area contributed by atoms with Gasteiger partial charge in [-0.25, -0.2) is 0 Å². The Bertz CT molecular complexity index is 1060. The van der Waals surface area contributed by atoms with Crippen LogP contribution in [-0.2, 0) is 0 Å². The summed E-state index contributed by atoms with van der Waals surface area (Å²) in [5.74, 6) is 1.80. The molecule has 5 heteroatoms. The van der Waals surface area contributed by atoms with Gasteiger partial charge in [0.15, 0.2) is 11.9 Å². The van der Waals surface area contributed by atoms with Crippen molar-refractivity contribution < 1.29 is 23.4 Å². The van der Waals surface area contributed by atoms with Gasteiger partial charge in [-0.2, -0.15) is 0 Å². The Hall–Kier alpha value is -2.92. The third-order valence-corrected chi connectivity index (χ3v) is 4.31. The highest BCUT2D eigenvalue weighted by molar-refractivity contribution is 5.91. The predicted molar refractivity (Wildman–Crippen MR) is 94.3 cm³/mol. The van der Waals surface area contributed by atoms with Gasteiger partial charge >= 0.3 is 0 Å². The van der Waals surface area contributed by atoms with E-state index in [0.717, 1.165) is 27.3 Å². The standard InChI is InChI=1S/C20H18O5/c1-11-4-7-16-12(8-11)9-17(24-16)18(21)19-15-10-13(22-2)5-6-14(15)20(23-3)25-19/h4-10,18,21H,1-3H3. The maximum atomic E-state index is 10.8. The molecule has 0 saturated heterocycles. The third-order valence-electron chi connectivity index (χ3n) is 4.31. The zero-order valence-corrected chi connectivity index (χ0v) is 14.2. The first kappa shape index (κ1) is 15.6. The highest BCUT2D eigenvalue weighted by Crippen LogP contribution is 2.40. The Morgan fingerprint density at radius 3 is 2.52 bits per heavy atom. The van der Waals surface area contributed by atoms with Crippen molar-refractivity contribution in [3.05, 3.63) is 59.5 Å². The van der Waals surface area contributed by atoms with Gasteiger partial charge in [-0.1, -0.05) is 11.6 Å². The number of furan rings is 2. The van der Waals surface area contributed by atoms with Crippen LogP contribution >= 0.6 is 0 Å². The quantitative estimate of drug-likeness (QED) is 0.590. The number of hydrogen-bond acceptors (Lipinski definition) is 5. The van der Waals surface area contributed by atoms with Crippen molar-refractivity contribution in [2.45, 2.75) is 13.0 Å². The molecule has 2 aromatic heterocycles. The zero-order chi connectivity index (χ0) is 17.6. The van der Waals surface area contributed by atoms with Crippen molar-refractivity contribution in [1.82, 2.24) is 0 Å². The summed E-state index contributed by atoms with van der Waals surface area (Å²) in [6.07, 6.45) is -1.05. The lowest BCUT2D eigenvalue weighted by molar-refractivity contribution is 0.158. The van der Waals surface area contributed by atoms with Crippen LogP contribution in [0.5, 0.6) is 11.7 Å². The minimum absolute atomic E-state index is 0.346. The molecule has 25 heavy (non-hydrogen) atoms. The topological polar surface area (TPSA) is 65.0 Å². The minimum Gasteiger partial charge on any atom is -0.497 e. The molecule has 4 rings (SSSR count). The summed E-state index contributed by atoms with van der Waals surface area (Å²) < 4.78 is 22.1. The number of rotatable bonds is 4. The molecule has 0 radical (unpaired) electrons. The second-order valence-corrected chi connectivity index (χ2v) is 5.96. The Morgan fingerprint density at radius 1 is 0.920 bits per heavy atom. The highest BCUT2D eigenvalue weighted by Gasteiger charge is 2.25. The van der Waals surface area contributed by atoms with E-state index in [9.17, 15) is 5.11 Å². The molecule has 4 aromatic rings. The molecule has 0 bridgehead atoms. The van der Waals surface area contributed by atoms with Crippen molar-refractivity contribution in [1.29, 1.82) is 0 Å². The molecule has 0 saturated carbocycles. The Morgan fingerprint density at radius 2 is 1.76 bits per heavy atom. The fourth-order valence-corrected chi connectivity index (χ4v) is 3.04. The third kappa shape index (κ3) is 2.53. The van der Waals surface area contributed by atoms with Gasteiger partial charge in [0.05, 0.1) is 19.6 Å². The summed E-state index contributed by atoms with van der Waals surface area (Å²) >= 11 is 0. The van der Waals surface area contributed by atoms with E-state index < -0.39 is 6.10 Å². The first-order valence-electron chi connectivity index (χ1n) is 7.93. The number of aliphatic hydroxyl groups excluding tert-OH is 1. The van der Waals surface area contributed by atoms with Crippen LogP contribution in [0.2, 0.25) is 0 Å². The molecule has 1 atom stereocenters. The monoisotopic (exact) mass is 338 g/mol. The number of aryl methyl sites for hydroxylation is 1. The maximum Gasteiger partial charge on any atom is 0.292 e. The van der Waals surface area contributed by atoms with Gasteiger partial charge in [0, 0.05) is 10.8 Å². The van der Waals surface area contributed by atoms with Gasteiger partial charge in [0.25, 0.3) is 5.95 Å². The number of benzene rings is 2. The summed E-state index contributed by atoms with van der Waals surface area (Å²) in [7, 11) is 3.12. The lowest BCUT2D eigenvalue weighted by Crippen LogP contribution is -1.96.